The highest BCUT2D eigenvalue weighted by Gasteiger charge is 2.27. The highest BCUT2D eigenvalue weighted by Crippen LogP contribution is 2.32. The van der Waals surface area contributed by atoms with E-state index in [0.29, 0.717) is 13.0 Å². The molecule has 0 saturated carbocycles. The molecule has 1 aliphatic rings. The molecule has 0 fully saturated rings. The molecule has 21 heavy (non-hydrogen) atoms. The van der Waals surface area contributed by atoms with Crippen LogP contribution in [0.1, 0.15) is 26.7 Å². The van der Waals surface area contributed by atoms with E-state index >= 15 is 0 Å². The standard InChI is InChI=1S/C15H21NO5/c1-15(2)9-11(8-12(17)10-15)16-6-7-21-14(19)5-4-13(18)20-3/h4-5,8,16H,6-7,9-10H2,1-3H3/b5-4+. The molecule has 0 aromatic heterocycles. The van der Waals surface area contributed by atoms with Gasteiger partial charge in [0.25, 0.3) is 0 Å². The first-order valence-electron chi connectivity index (χ1n) is 6.72. The molecule has 0 aromatic rings. The largest absolute Gasteiger partial charge is 0.466 e. The lowest BCUT2D eigenvalue weighted by Gasteiger charge is -2.29. The predicted octanol–water partition coefficient (Wildman–Crippen LogP) is 1.12. The number of esters is 2. The second kappa shape index (κ2) is 7.61. The van der Waals surface area contributed by atoms with Crippen LogP contribution in [0.15, 0.2) is 23.9 Å². The molecule has 0 aliphatic heterocycles. The summed E-state index contributed by atoms with van der Waals surface area (Å²) in [6.45, 7) is 4.64. The number of carbonyl (C=O) groups excluding carboxylic acids is 3. The molecule has 0 saturated heterocycles. The van der Waals surface area contributed by atoms with Crippen LogP contribution < -0.4 is 5.32 Å². The lowest BCUT2D eigenvalue weighted by molar-refractivity contribution is -0.139. The van der Waals surface area contributed by atoms with E-state index in [1.165, 1.54) is 7.11 Å². The number of carbonyl (C=O) groups is 3. The summed E-state index contributed by atoms with van der Waals surface area (Å²) in [5.41, 5.74) is 0.811. The summed E-state index contributed by atoms with van der Waals surface area (Å²) in [7, 11) is 1.22. The number of rotatable bonds is 6. The highest BCUT2D eigenvalue weighted by atomic mass is 16.5. The van der Waals surface area contributed by atoms with Gasteiger partial charge in [-0.05, 0) is 11.8 Å². The van der Waals surface area contributed by atoms with Gasteiger partial charge in [0.1, 0.15) is 6.61 Å². The molecule has 0 atom stereocenters. The summed E-state index contributed by atoms with van der Waals surface area (Å²) in [5, 5.41) is 3.09. The molecule has 1 aliphatic carbocycles. The number of allylic oxidation sites excluding steroid dienone is 2. The number of nitrogens with one attached hydrogen (secondary N) is 1. The molecule has 6 heteroatoms. The van der Waals surface area contributed by atoms with Crippen molar-refractivity contribution in [3.05, 3.63) is 23.9 Å². The van der Waals surface area contributed by atoms with E-state index in [1.54, 1.807) is 6.08 Å². The van der Waals surface area contributed by atoms with Crippen molar-refractivity contribution in [2.24, 2.45) is 5.41 Å². The number of ether oxygens (including phenoxy) is 2. The fourth-order valence-electron chi connectivity index (χ4n) is 2.08. The van der Waals surface area contributed by atoms with Crippen LogP contribution in [0.4, 0.5) is 0 Å². The van der Waals surface area contributed by atoms with Crippen molar-refractivity contribution in [3.8, 4) is 0 Å². The Morgan fingerprint density at radius 3 is 2.57 bits per heavy atom. The van der Waals surface area contributed by atoms with Gasteiger partial charge in [-0.1, -0.05) is 13.8 Å². The minimum atomic E-state index is -0.615. The molecule has 0 aromatic carbocycles. The topological polar surface area (TPSA) is 81.7 Å². The molecule has 0 spiro atoms. The molecular formula is C15H21NO5. The molecule has 0 heterocycles. The Bertz CT molecular complexity index is 476. The van der Waals surface area contributed by atoms with E-state index in [1.807, 2.05) is 13.8 Å². The van der Waals surface area contributed by atoms with Gasteiger partial charge in [0.2, 0.25) is 0 Å². The van der Waals surface area contributed by atoms with Gasteiger partial charge in [0.15, 0.2) is 5.78 Å². The first-order chi connectivity index (χ1) is 9.82. The summed E-state index contributed by atoms with van der Waals surface area (Å²) in [6.07, 6.45) is 4.95. The van der Waals surface area contributed by atoms with E-state index in [9.17, 15) is 14.4 Å². The number of hydrogen-bond donors (Lipinski definition) is 1. The minimum Gasteiger partial charge on any atom is -0.466 e. The molecule has 0 amide bonds. The molecule has 1 rings (SSSR count). The van der Waals surface area contributed by atoms with Crippen molar-refractivity contribution in [1.29, 1.82) is 0 Å². The molecule has 0 bridgehead atoms. The van der Waals surface area contributed by atoms with Crippen LogP contribution in [0, 0.1) is 5.41 Å². The zero-order valence-electron chi connectivity index (χ0n) is 12.6. The zero-order valence-corrected chi connectivity index (χ0v) is 12.6. The van der Waals surface area contributed by atoms with Crippen LogP contribution in [-0.2, 0) is 23.9 Å². The Morgan fingerprint density at radius 1 is 1.29 bits per heavy atom. The second-order valence-corrected chi connectivity index (χ2v) is 5.60. The Labute approximate surface area is 124 Å². The van der Waals surface area contributed by atoms with Gasteiger partial charge in [-0.3, -0.25) is 4.79 Å². The average molecular weight is 295 g/mol. The van der Waals surface area contributed by atoms with Gasteiger partial charge in [-0.15, -0.1) is 0 Å². The fourth-order valence-corrected chi connectivity index (χ4v) is 2.08. The molecule has 0 unspecified atom stereocenters. The van der Waals surface area contributed by atoms with E-state index in [4.69, 9.17) is 4.74 Å². The van der Waals surface area contributed by atoms with E-state index in [2.05, 4.69) is 10.1 Å². The van der Waals surface area contributed by atoms with Crippen molar-refractivity contribution in [2.45, 2.75) is 26.7 Å². The van der Waals surface area contributed by atoms with Gasteiger partial charge in [-0.25, -0.2) is 9.59 Å². The summed E-state index contributed by atoms with van der Waals surface area (Å²) in [5.74, 6) is -1.12. The first kappa shape index (κ1) is 16.9. The third-order valence-electron chi connectivity index (χ3n) is 2.91. The Balaban J connectivity index is 2.28. The normalized spacial score (nSPS) is 17.3. The van der Waals surface area contributed by atoms with Crippen LogP contribution in [0.2, 0.25) is 0 Å². The third-order valence-corrected chi connectivity index (χ3v) is 2.91. The van der Waals surface area contributed by atoms with Crippen molar-refractivity contribution in [1.82, 2.24) is 5.32 Å². The summed E-state index contributed by atoms with van der Waals surface area (Å²) < 4.78 is 9.25. The van der Waals surface area contributed by atoms with Gasteiger partial charge < -0.3 is 14.8 Å². The van der Waals surface area contributed by atoms with Crippen molar-refractivity contribution >= 4 is 17.7 Å². The van der Waals surface area contributed by atoms with Crippen molar-refractivity contribution < 1.29 is 23.9 Å². The Hall–Kier alpha value is -2.11. The molecule has 116 valence electrons. The lowest BCUT2D eigenvalue weighted by Crippen LogP contribution is -2.29. The maximum atomic E-state index is 11.6. The molecule has 1 N–H and O–H groups in total. The Kier molecular flexibility index (Phi) is 6.14. The zero-order chi connectivity index (χ0) is 15.9. The summed E-state index contributed by atoms with van der Waals surface area (Å²) in [4.78, 5) is 33.6. The van der Waals surface area contributed by atoms with Gasteiger partial charge in [0, 0.05) is 36.9 Å². The Morgan fingerprint density at radius 2 is 1.95 bits per heavy atom. The second-order valence-electron chi connectivity index (χ2n) is 5.60. The number of hydrogen-bond acceptors (Lipinski definition) is 6. The van der Waals surface area contributed by atoms with Crippen LogP contribution in [0.5, 0.6) is 0 Å². The van der Waals surface area contributed by atoms with E-state index in [-0.39, 0.29) is 17.8 Å². The predicted molar refractivity (Wildman–Crippen MR) is 76.2 cm³/mol. The highest BCUT2D eigenvalue weighted by molar-refractivity contribution is 5.92. The first-order valence-corrected chi connectivity index (χ1v) is 6.72. The molecule has 6 nitrogen and oxygen atoms in total. The van der Waals surface area contributed by atoms with Crippen LogP contribution in [0.25, 0.3) is 0 Å². The summed E-state index contributed by atoms with van der Waals surface area (Å²) in [6, 6.07) is 0. The quantitative estimate of drug-likeness (QED) is 0.449. The third kappa shape index (κ3) is 6.74. The maximum absolute atomic E-state index is 11.6. The summed E-state index contributed by atoms with van der Waals surface area (Å²) >= 11 is 0. The van der Waals surface area contributed by atoms with Crippen molar-refractivity contribution in [2.75, 3.05) is 20.3 Å². The lowest BCUT2D eigenvalue weighted by atomic mass is 9.79. The van der Waals surface area contributed by atoms with Crippen molar-refractivity contribution in [3.63, 3.8) is 0 Å². The number of methoxy groups -OCH3 is 1. The van der Waals surface area contributed by atoms with Crippen LogP contribution in [-0.4, -0.2) is 38.0 Å². The average Bonchev–Trinajstić information content (AvgIpc) is 2.38. The van der Waals surface area contributed by atoms with Crippen LogP contribution >= 0.6 is 0 Å². The molecular weight excluding hydrogens is 274 g/mol. The maximum Gasteiger partial charge on any atom is 0.331 e. The minimum absolute atomic E-state index is 0.0475. The van der Waals surface area contributed by atoms with Gasteiger partial charge in [-0.2, -0.15) is 0 Å². The smallest absolute Gasteiger partial charge is 0.331 e. The van der Waals surface area contributed by atoms with Gasteiger partial charge in [0.05, 0.1) is 7.11 Å². The molecule has 0 radical (unpaired) electrons. The van der Waals surface area contributed by atoms with Gasteiger partial charge >= 0.3 is 11.9 Å². The monoisotopic (exact) mass is 295 g/mol. The van der Waals surface area contributed by atoms with E-state index < -0.39 is 11.9 Å². The number of ketones is 1. The van der Waals surface area contributed by atoms with Crippen LogP contribution in [0.3, 0.4) is 0 Å². The fraction of sp³-hybridized carbons (Fsp3) is 0.533. The van der Waals surface area contributed by atoms with E-state index in [0.717, 1.165) is 24.3 Å². The SMILES string of the molecule is COC(=O)/C=C/C(=O)OCCNC1=CC(=O)CC(C)(C)C1.